The predicted octanol–water partition coefficient (Wildman–Crippen LogP) is 2.52. The minimum Gasteiger partial charge on any atom is -0.466 e. The summed E-state index contributed by atoms with van der Waals surface area (Å²) in [5.74, 6) is -0.125. The zero-order chi connectivity index (χ0) is 17.3. The van der Waals surface area contributed by atoms with Crippen molar-refractivity contribution in [3.8, 4) is 0 Å². The average molecular weight is 349 g/mol. The van der Waals surface area contributed by atoms with Crippen LogP contribution in [0.2, 0.25) is 0 Å². The molecule has 1 fully saturated rings. The summed E-state index contributed by atoms with van der Waals surface area (Å²) in [6.45, 7) is 4.97. The predicted molar refractivity (Wildman–Crippen MR) is 90.9 cm³/mol. The summed E-state index contributed by atoms with van der Waals surface area (Å²) < 4.78 is 32.2. The summed E-state index contributed by atoms with van der Waals surface area (Å²) in [6, 6.07) is 6.93. The Hall–Kier alpha value is -1.66. The number of rotatable bonds is 5. The molecule has 6 heteroatoms. The van der Waals surface area contributed by atoms with Gasteiger partial charge in [0.15, 0.2) is 0 Å². The molecule has 0 radical (unpaired) electrons. The highest BCUT2D eigenvalue weighted by Gasteiger charge is 2.47. The van der Waals surface area contributed by atoms with Gasteiger partial charge in [-0.1, -0.05) is 29.3 Å². The third kappa shape index (κ3) is 3.39. The Labute approximate surface area is 143 Å². The number of hydrogen-bond acceptors (Lipinski definition) is 4. The van der Waals surface area contributed by atoms with Crippen LogP contribution in [0.25, 0.3) is 0 Å². The van der Waals surface area contributed by atoms with Crippen molar-refractivity contribution in [1.82, 2.24) is 4.31 Å². The maximum atomic E-state index is 12.8. The van der Waals surface area contributed by atoms with Crippen molar-refractivity contribution < 1.29 is 17.9 Å². The Bertz CT molecular complexity index is 752. The van der Waals surface area contributed by atoms with Gasteiger partial charge >= 0.3 is 5.97 Å². The molecule has 24 heavy (non-hydrogen) atoms. The number of carbonyl (C=O) groups is 1. The molecule has 3 rings (SSSR count). The van der Waals surface area contributed by atoms with Gasteiger partial charge in [0.05, 0.1) is 17.4 Å². The smallest absolute Gasteiger partial charge is 0.309 e. The van der Waals surface area contributed by atoms with Crippen LogP contribution in [0, 0.1) is 18.8 Å². The Balaban J connectivity index is 1.70. The molecule has 0 amide bonds. The quantitative estimate of drug-likeness (QED) is 0.605. The molecule has 1 aliphatic heterocycles. The van der Waals surface area contributed by atoms with E-state index in [0.29, 0.717) is 31.0 Å². The first-order valence-corrected chi connectivity index (χ1v) is 9.80. The van der Waals surface area contributed by atoms with Crippen LogP contribution in [0.1, 0.15) is 25.3 Å². The summed E-state index contributed by atoms with van der Waals surface area (Å²) in [4.78, 5) is 12.1. The summed E-state index contributed by atoms with van der Waals surface area (Å²) in [7, 11) is -3.49. The number of benzene rings is 1. The van der Waals surface area contributed by atoms with Gasteiger partial charge in [0.1, 0.15) is 0 Å². The van der Waals surface area contributed by atoms with Crippen molar-refractivity contribution in [3.63, 3.8) is 0 Å². The lowest BCUT2D eigenvalue weighted by molar-refractivity contribution is -0.144. The van der Waals surface area contributed by atoms with Gasteiger partial charge in [0.2, 0.25) is 10.0 Å². The molecular weight excluding hydrogens is 326 g/mol. The molecule has 5 nitrogen and oxygen atoms in total. The molecule has 1 heterocycles. The van der Waals surface area contributed by atoms with Crippen molar-refractivity contribution >= 4 is 16.0 Å². The molecule has 1 aliphatic carbocycles. The molecule has 0 aromatic heterocycles. The first kappa shape index (κ1) is 17.2. The van der Waals surface area contributed by atoms with E-state index in [1.54, 1.807) is 19.1 Å². The van der Waals surface area contributed by atoms with Crippen LogP contribution in [0.15, 0.2) is 40.8 Å². The van der Waals surface area contributed by atoms with E-state index in [0.717, 1.165) is 17.6 Å². The van der Waals surface area contributed by atoms with Crippen LogP contribution in [-0.2, 0) is 19.6 Å². The van der Waals surface area contributed by atoms with Crippen molar-refractivity contribution in [2.24, 2.45) is 11.8 Å². The second-order valence-corrected chi connectivity index (χ2v) is 8.36. The molecule has 2 aliphatic rings. The van der Waals surface area contributed by atoms with E-state index in [4.69, 9.17) is 4.74 Å². The monoisotopic (exact) mass is 349 g/mol. The van der Waals surface area contributed by atoms with Crippen LogP contribution in [-0.4, -0.2) is 38.4 Å². The molecule has 1 aromatic carbocycles. The van der Waals surface area contributed by atoms with Crippen LogP contribution in [0.3, 0.4) is 0 Å². The Morgan fingerprint density at radius 1 is 1.29 bits per heavy atom. The second-order valence-electron chi connectivity index (χ2n) is 6.42. The first-order chi connectivity index (χ1) is 11.4. The largest absolute Gasteiger partial charge is 0.466 e. The topological polar surface area (TPSA) is 63.7 Å². The molecule has 0 saturated heterocycles. The summed E-state index contributed by atoms with van der Waals surface area (Å²) in [5.41, 5.74) is 2.08. The molecular formula is C18H23NO4S. The lowest BCUT2D eigenvalue weighted by Gasteiger charge is -2.27. The van der Waals surface area contributed by atoms with E-state index in [2.05, 4.69) is 6.08 Å². The third-order valence-electron chi connectivity index (χ3n) is 4.66. The Morgan fingerprint density at radius 3 is 2.67 bits per heavy atom. The van der Waals surface area contributed by atoms with E-state index in [9.17, 15) is 13.2 Å². The summed E-state index contributed by atoms with van der Waals surface area (Å²) in [6.07, 6.45) is 3.54. The number of hydrogen-bond donors (Lipinski definition) is 0. The summed E-state index contributed by atoms with van der Waals surface area (Å²) in [5, 5.41) is 0. The highest BCUT2D eigenvalue weighted by atomic mass is 32.2. The maximum absolute atomic E-state index is 12.8. The van der Waals surface area contributed by atoms with Gasteiger partial charge in [-0.05, 0) is 44.7 Å². The van der Waals surface area contributed by atoms with E-state index in [1.165, 1.54) is 4.31 Å². The molecule has 1 saturated carbocycles. The van der Waals surface area contributed by atoms with E-state index >= 15 is 0 Å². The fourth-order valence-corrected chi connectivity index (χ4v) is 4.63. The van der Waals surface area contributed by atoms with Crippen LogP contribution in [0.4, 0.5) is 0 Å². The van der Waals surface area contributed by atoms with Gasteiger partial charge in [-0.25, -0.2) is 8.42 Å². The molecule has 0 spiro atoms. The van der Waals surface area contributed by atoms with Gasteiger partial charge in [-0.15, -0.1) is 0 Å². The van der Waals surface area contributed by atoms with E-state index < -0.39 is 10.0 Å². The van der Waals surface area contributed by atoms with Gasteiger partial charge in [-0.2, -0.15) is 4.31 Å². The molecule has 0 N–H and O–H groups in total. The van der Waals surface area contributed by atoms with Gasteiger partial charge < -0.3 is 4.74 Å². The van der Waals surface area contributed by atoms with Crippen molar-refractivity contribution in [2.75, 3.05) is 19.7 Å². The Kier molecular flexibility index (Phi) is 4.78. The lowest BCUT2D eigenvalue weighted by atomic mass is 10.1. The summed E-state index contributed by atoms with van der Waals surface area (Å²) >= 11 is 0. The first-order valence-electron chi connectivity index (χ1n) is 8.36. The highest BCUT2D eigenvalue weighted by molar-refractivity contribution is 7.89. The van der Waals surface area contributed by atoms with Crippen LogP contribution in [0.5, 0.6) is 0 Å². The van der Waals surface area contributed by atoms with E-state index in [-0.39, 0.29) is 17.8 Å². The number of ether oxygens (including phenoxy) is 1. The highest BCUT2D eigenvalue weighted by Crippen LogP contribution is 2.46. The molecule has 130 valence electrons. The number of carbonyl (C=O) groups excluding carboxylic acids is 1. The van der Waals surface area contributed by atoms with Crippen molar-refractivity contribution in [3.05, 3.63) is 41.5 Å². The number of sulfonamides is 1. The fraction of sp³-hybridized carbons (Fsp3) is 0.500. The number of nitrogens with zero attached hydrogens (tertiary/aromatic N) is 1. The normalized spacial score (nSPS) is 24.3. The molecule has 0 bridgehead atoms. The van der Waals surface area contributed by atoms with Gasteiger partial charge in [-0.3, -0.25) is 4.79 Å². The number of aryl methyl sites for hydroxylation is 1. The minimum absolute atomic E-state index is 0.0989. The number of esters is 1. The fourth-order valence-electron chi connectivity index (χ4n) is 3.19. The maximum Gasteiger partial charge on any atom is 0.309 e. The van der Waals surface area contributed by atoms with Gasteiger partial charge in [0.25, 0.3) is 0 Å². The van der Waals surface area contributed by atoms with Crippen molar-refractivity contribution in [1.29, 1.82) is 0 Å². The Morgan fingerprint density at radius 2 is 2.00 bits per heavy atom. The zero-order valence-corrected chi connectivity index (χ0v) is 14.9. The molecule has 2 atom stereocenters. The SMILES string of the molecule is CCOC(=O)[C@H]1C[C@H]1C1=CCCN(S(=O)(=O)c2ccc(C)cc2)C1. The average Bonchev–Trinajstić information content (AvgIpc) is 3.36. The minimum atomic E-state index is -3.49. The third-order valence-corrected chi connectivity index (χ3v) is 6.52. The van der Waals surface area contributed by atoms with Crippen LogP contribution >= 0.6 is 0 Å². The molecule has 1 aromatic rings. The van der Waals surface area contributed by atoms with Crippen molar-refractivity contribution in [2.45, 2.75) is 31.6 Å². The standard InChI is InChI=1S/C18H23NO4S/c1-3-23-18(20)17-11-16(17)14-5-4-10-19(12-14)24(21,22)15-8-6-13(2)7-9-15/h5-9,16-17H,3-4,10-12H2,1-2H3/t16-,17-/m0/s1. The zero-order valence-electron chi connectivity index (χ0n) is 14.1. The van der Waals surface area contributed by atoms with Gasteiger partial charge in [0, 0.05) is 13.1 Å². The second kappa shape index (κ2) is 6.69. The van der Waals surface area contributed by atoms with E-state index in [1.807, 2.05) is 19.1 Å². The van der Waals surface area contributed by atoms with Crippen LogP contribution < -0.4 is 0 Å². The lowest BCUT2D eigenvalue weighted by Crippen LogP contribution is -2.36. The molecule has 0 unspecified atom stereocenters.